The molecule has 192 valence electrons. The highest BCUT2D eigenvalue weighted by Crippen LogP contribution is 2.28. The minimum atomic E-state index is -4.08. The molecule has 3 aromatic carbocycles. The fraction of sp³-hybridized carbons (Fsp3) is 0.240. The molecule has 0 unspecified atom stereocenters. The third-order valence-electron chi connectivity index (χ3n) is 5.79. The van der Waals surface area contributed by atoms with Gasteiger partial charge in [0, 0.05) is 24.3 Å². The quantitative estimate of drug-likeness (QED) is 0.388. The number of rotatable bonds is 9. The standard InChI is InChI=1S/C25H28ClN3O5S2/c1-5-29(6-2)36(33,34)21-13-11-20(12-14-21)27-25(30)19-10-15-22(26)24(16-19)35(31,32)28-23-9-7-8-17(3)18(23)4/h7-16,28H,5-6H2,1-4H3,(H,27,30). The molecule has 0 atom stereocenters. The summed E-state index contributed by atoms with van der Waals surface area (Å²) >= 11 is 6.18. The Morgan fingerprint density at radius 3 is 2.17 bits per heavy atom. The van der Waals surface area contributed by atoms with E-state index in [2.05, 4.69) is 10.0 Å². The molecular weight excluding hydrogens is 522 g/mol. The molecule has 0 heterocycles. The van der Waals surface area contributed by atoms with Gasteiger partial charge in [0.15, 0.2) is 0 Å². The van der Waals surface area contributed by atoms with E-state index in [-0.39, 0.29) is 20.4 Å². The first-order chi connectivity index (χ1) is 16.9. The molecule has 3 rings (SSSR count). The maximum Gasteiger partial charge on any atom is 0.263 e. The zero-order valence-electron chi connectivity index (χ0n) is 20.4. The summed E-state index contributed by atoms with van der Waals surface area (Å²) in [7, 11) is -7.71. The molecule has 0 bridgehead atoms. The van der Waals surface area contributed by atoms with Gasteiger partial charge in [0.05, 0.1) is 15.6 Å². The lowest BCUT2D eigenvalue weighted by atomic mass is 10.1. The number of carbonyl (C=O) groups is 1. The normalized spacial score (nSPS) is 11.9. The molecule has 2 N–H and O–H groups in total. The van der Waals surface area contributed by atoms with E-state index < -0.39 is 26.0 Å². The monoisotopic (exact) mass is 549 g/mol. The smallest absolute Gasteiger partial charge is 0.263 e. The van der Waals surface area contributed by atoms with Crippen molar-refractivity contribution in [3.05, 3.63) is 82.4 Å². The number of sulfonamides is 2. The van der Waals surface area contributed by atoms with E-state index in [1.165, 1.54) is 46.8 Å². The number of aryl methyl sites for hydroxylation is 1. The first-order valence-electron chi connectivity index (χ1n) is 11.2. The maximum atomic E-state index is 13.1. The Bertz CT molecular complexity index is 1480. The van der Waals surface area contributed by atoms with Crippen LogP contribution in [0.3, 0.4) is 0 Å². The molecule has 3 aromatic rings. The van der Waals surface area contributed by atoms with Crippen LogP contribution < -0.4 is 10.0 Å². The summed E-state index contributed by atoms with van der Waals surface area (Å²) in [5.74, 6) is -0.575. The summed E-state index contributed by atoms with van der Waals surface area (Å²) in [6, 6.07) is 15.0. The fourth-order valence-corrected chi connectivity index (χ4v) is 6.65. The average Bonchev–Trinajstić information content (AvgIpc) is 2.83. The van der Waals surface area contributed by atoms with E-state index in [9.17, 15) is 21.6 Å². The van der Waals surface area contributed by atoms with E-state index in [0.29, 0.717) is 24.5 Å². The molecule has 0 aliphatic carbocycles. The van der Waals surface area contributed by atoms with Gasteiger partial charge in [0.2, 0.25) is 10.0 Å². The number of nitrogens with zero attached hydrogens (tertiary/aromatic N) is 1. The zero-order valence-corrected chi connectivity index (χ0v) is 22.8. The Balaban J connectivity index is 1.83. The molecule has 0 radical (unpaired) electrons. The van der Waals surface area contributed by atoms with Crippen molar-refractivity contribution < 1.29 is 21.6 Å². The highest BCUT2D eigenvalue weighted by Gasteiger charge is 2.23. The van der Waals surface area contributed by atoms with Crippen LogP contribution in [0.2, 0.25) is 5.02 Å². The van der Waals surface area contributed by atoms with E-state index >= 15 is 0 Å². The number of halogens is 1. The zero-order chi connectivity index (χ0) is 26.7. The van der Waals surface area contributed by atoms with Gasteiger partial charge in [-0.1, -0.05) is 37.6 Å². The van der Waals surface area contributed by atoms with Crippen molar-refractivity contribution in [1.82, 2.24) is 4.31 Å². The van der Waals surface area contributed by atoms with Crippen LogP contribution in [0.5, 0.6) is 0 Å². The van der Waals surface area contributed by atoms with Crippen molar-refractivity contribution in [1.29, 1.82) is 0 Å². The van der Waals surface area contributed by atoms with Crippen LogP contribution in [0.15, 0.2) is 70.5 Å². The van der Waals surface area contributed by atoms with E-state index in [1.54, 1.807) is 32.9 Å². The van der Waals surface area contributed by atoms with Gasteiger partial charge in [-0.3, -0.25) is 9.52 Å². The van der Waals surface area contributed by atoms with Crippen molar-refractivity contribution in [2.45, 2.75) is 37.5 Å². The van der Waals surface area contributed by atoms with Crippen molar-refractivity contribution in [2.75, 3.05) is 23.1 Å². The summed E-state index contributed by atoms with van der Waals surface area (Å²) in [5, 5.41) is 2.62. The summed E-state index contributed by atoms with van der Waals surface area (Å²) in [6.45, 7) is 7.88. The van der Waals surface area contributed by atoms with Crippen LogP contribution in [0.1, 0.15) is 35.3 Å². The molecule has 1 amide bonds. The van der Waals surface area contributed by atoms with Gasteiger partial charge in [0.25, 0.3) is 15.9 Å². The molecule has 0 spiro atoms. The van der Waals surface area contributed by atoms with Crippen LogP contribution in [0.25, 0.3) is 0 Å². The van der Waals surface area contributed by atoms with E-state index in [0.717, 1.165) is 11.1 Å². The second-order valence-corrected chi connectivity index (χ2v) is 12.1. The Morgan fingerprint density at radius 1 is 0.917 bits per heavy atom. The number of benzene rings is 3. The number of nitrogens with one attached hydrogen (secondary N) is 2. The van der Waals surface area contributed by atoms with Gasteiger partial charge in [-0.2, -0.15) is 4.31 Å². The molecule has 0 aliphatic heterocycles. The SMILES string of the molecule is CCN(CC)S(=O)(=O)c1ccc(NC(=O)c2ccc(Cl)c(S(=O)(=O)Nc3cccc(C)c3C)c2)cc1. The Kier molecular flexibility index (Phi) is 8.45. The average molecular weight is 550 g/mol. The van der Waals surface area contributed by atoms with Crippen molar-refractivity contribution in [2.24, 2.45) is 0 Å². The molecule has 0 aromatic heterocycles. The Morgan fingerprint density at radius 2 is 1.56 bits per heavy atom. The molecule has 8 nitrogen and oxygen atoms in total. The molecule has 36 heavy (non-hydrogen) atoms. The minimum Gasteiger partial charge on any atom is -0.322 e. The molecular formula is C25H28ClN3O5S2. The largest absolute Gasteiger partial charge is 0.322 e. The van der Waals surface area contributed by atoms with Crippen LogP contribution in [0.4, 0.5) is 11.4 Å². The summed E-state index contributed by atoms with van der Waals surface area (Å²) in [4.78, 5) is 12.7. The predicted molar refractivity (Wildman–Crippen MR) is 143 cm³/mol. The minimum absolute atomic E-state index is 0.0321. The number of hydrogen-bond acceptors (Lipinski definition) is 5. The van der Waals surface area contributed by atoms with Crippen molar-refractivity contribution in [3.8, 4) is 0 Å². The summed E-state index contributed by atoms with van der Waals surface area (Å²) < 4.78 is 55.3. The second kappa shape index (κ2) is 11.0. The first kappa shape index (κ1) is 27.7. The third kappa shape index (κ3) is 5.89. The van der Waals surface area contributed by atoms with Gasteiger partial charge in [-0.05, 0) is 73.5 Å². The lowest BCUT2D eigenvalue weighted by Gasteiger charge is -2.18. The first-order valence-corrected chi connectivity index (χ1v) is 14.5. The topological polar surface area (TPSA) is 113 Å². The Hall–Kier alpha value is -2.92. The number of hydrogen-bond donors (Lipinski definition) is 2. The van der Waals surface area contributed by atoms with Gasteiger partial charge >= 0.3 is 0 Å². The lowest BCUT2D eigenvalue weighted by molar-refractivity contribution is 0.102. The van der Waals surface area contributed by atoms with Crippen LogP contribution in [0, 0.1) is 13.8 Å². The third-order valence-corrected chi connectivity index (χ3v) is 9.70. The Labute approximate surface area is 217 Å². The van der Waals surface area contributed by atoms with Crippen LogP contribution >= 0.6 is 11.6 Å². The van der Waals surface area contributed by atoms with Crippen LogP contribution in [-0.2, 0) is 20.0 Å². The van der Waals surface area contributed by atoms with Gasteiger partial charge in [-0.15, -0.1) is 0 Å². The molecule has 0 aliphatic rings. The second-order valence-electron chi connectivity index (χ2n) is 8.07. The van der Waals surface area contributed by atoms with Gasteiger partial charge in [0.1, 0.15) is 4.90 Å². The van der Waals surface area contributed by atoms with Crippen LogP contribution in [-0.4, -0.2) is 40.1 Å². The fourth-order valence-electron chi connectivity index (χ4n) is 3.54. The van der Waals surface area contributed by atoms with E-state index in [1.807, 2.05) is 13.0 Å². The number of anilines is 2. The number of amides is 1. The molecule has 0 fully saturated rings. The lowest BCUT2D eigenvalue weighted by Crippen LogP contribution is -2.30. The molecule has 0 saturated carbocycles. The molecule has 11 heteroatoms. The maximum absolute atomic E-state index is 13.1. The van der Waals surface area contributed by atoms with Crippen molar-refractivity contribution >= 4 is 48.9 Å². The summed E-state index contributed by atoms with van der Waals surface area (Å²) in [5.41, 5.74) is 2.54. The van der Waals surface area contributed by atoms with Gasteiger partial charge in [-0.25, -0.2) is 16.8 Å². The molecule has 0 saturated heterocycles. The van der Waals surface area contributed by atoms with Gasteiger partial charge < -0.3 is 5.32 Å². The highest BCUT2D eigenvalue weighted by atomic mass is 35.5. The number of carbonyl (C=O) groups excluding carboxylic acids is 1. The predicted octanol–water partition coefficient (Wildman–Crippen LogP) is 5.04. The summed E-state index contributed by atoms with van der Waals surface area (Å²) in [6.07, 6.45) is 0. The van der Waals surface area contributed by atoms with E-state index in [4.69, 9.17) is 11.6 Å². The van der Waals surface area contributed by atoms with Crippen molar-refractivity contribution in [3.63, 3.8) is 0 Å². The highest BCUT2D eigenvalue weighted by molar-refractivity contribution is 7.92.